The average molecular weight is 212 g/mol. The van der Waals surface area contributed by atoms with Gasteiger partial charge in [0.15, 0.2) is 0 Å². The Morgan fingerprint density at radius 1 is 0.857 bits per heavy atom. The molecule has 0 saturated heterocycles. The van der Waals surface area contributed by atoms with Crippen molar-refractivity contribution in [1.82, 2.24) is 0 Å². The second-order valence-corrected chi connectivity index (χ2v) is 4.50. The van der Waals surface area contributed by atoms with E-state index in [1.807, 2.05) is 27.7 Å². The summed E-state index contributed by atoms with van der Waals surface area (Å²) in [7, 11) is 0. The minimum Gasteiger partial charge on any atom is -0.852 e. The van der Waals surface area contributed by atoms with Crippen LogP contribution in [0, 0.1) is 0 Å². The van der Waals surface area contributed by atoms with E-state index in [0.717, 1.165) is 0 Å². The predicted molar refractivity (Wildman–Crippen MR) is 54.7 cm³/mol. The molecule has 0 unspecified atom stereocenters. The minimum absolute atomic E-state index is 0. The first kappa shape index (κ1) is 20.4. The second-order valence-electron chi connectivity index (χ2n) is 3.60. The molecule has 0 aromatic rings. The quantitative estimate of drug-likeness (QED) is 0.499. The van der Waals surface area contributed by atoms with Crippen LogP contribution < -0.4 is 24.0 Å². The van der Waals surface area contributed by atoms with E-state index in [4.69, 9.17) is 7.58 Å². The van der Waals surface area contributed by atoms with E-state index in [-0.39, 0.29) is 18.9 Å². The Hall–Kier alpha value is 1.01. The van der Waals surface area contributed by atoms with Gasteiger partial charge in [-0.05, 0) is 27.7 Å². The predicted octanol–water partition coefficient (Wildman–Crippen LogP) is -2.14. The van der Waals surface area contributed by atoms with Gasteiger partial charge in [-0.3, -0.25) is 0 Å². The number of rotatable bonds is 4. The van der Waals surface area contributed by atoms with Gasteiger partial charge in [0, 0.05) is 12.2 Å². The molecule has 0 aliphatic rings. The van der Waals surface area contributed by atoms with Crippen molar-refractivity contribution in [2.75, 3.05) is 0 Å². The zero-order valence-corrected chi connectivity index (χ0v) is 12.1. The van der Waals surface area contributed by atoms with Crippen LogP contribution in [-0.2, 0) is 7.58 Å². The Morgan fingerprint density at radius 2 is 1.07 bits per heavy atom. The minimum atomic E-state index is -0.684. The Morgan fingerprint density at radius 3 is 1.21 bits per heavy atom. The van der Waals surface area contributed by atoms with Gasteiger partial charge >= 0.3 is 34.7 Å². The summed E-state index contributed by atoms with van der Waals surface area (Å²) in [5.74, 6) is 0. The second kappa shape index (κ2) is 14.0. The van der Waals surface area contributed by atoms with Gasteiger partial charge in [-0.15, -0.1) is 6.10 Å². The Kier molecular flexibility index (Phi) is 20.4. The van der Waals surface area contributed by atoms with Crippen molar-refractivity contribution in [2.45, 2.75) is 59.9 Å². The first-order valence-corrected chi connectivity index (χ1v) is 5.90. The molecule has 0 spiro atoms. The third kappa shape index (κ3) is 38.2. The van der Waals surface area contributed by atoms with E-state index in [9.17, 15) is 5.11 Å². The molecule has 0 N–H and O–H groups in total. The van der Waals surface area contributed by atoms with Gasteiger partial charge in [0.05, 0.1) is 0 Å². The van der Waals surface area contributed by atoms with Crippen molar-refractivity contribution in [3.8, 4) is 0 Å². The summed E-state index contributed by atoms with van der Waals surface area (Å²) in [6.45, 7) is 11.3. The summed E-state index contributed by atoms with van der Waals surface area (Å²) in [4.78, 5) is 0. The van der Waals surface area contributed by atoms with E-state index in [2.05, 4.69) is 0 Å². The summed E-state index contributed by atoms with van der Waals surface area (Å²) in [6.07, 6.45) is 0.242. The van der Waals surface area contributed by atoms with Crippen LogP contribution in [0.25, 0.3) is 0 Å². The molecule has 0 aliphatic heterocycles. The molecular weight excluding hydrogens is 190 g/mol. The fraction of sp³-hybridized carbons (Fsp3) is 1.00. The molecule has 5 heteroatoms. The van der Waals surface area contributed by atoms with Crippen molar-refractivity contribution in [2.24, 2.45) is 0 Å². The van der Waals surface area contributed by atoms with Crippen LogP contribution in [0.5, 0.6) is 0 Å². The Balaban J connectivity index is -0.000000209. The maximum Gasteiger partial charge on any atom is 1.00 e. The molecule has 0 aromatic heterocycles. The standard InChI is InChI=1S/3C3H7O.Al.Li.H/c3*1-3(2)4;;;/h3*3H,1-2H3;;;/q3*-1;+2;+1;. The largest absolute Gasteiger partial charge is 1.00 e. The molecule has 80 valence electrons. The molecule has 0 heterocycles. The molecule has 0 atom stereocenters. The molecule has 0 amide bonds. The van der Waals surface area contributed by atoms with Gasteiger partial charge in [0.25, 0.3) is 0 Å². The van der Waals surface area contributed by atoms with Crippen molar-refractivity contribution in [3.05, 3.63) is 0 Å². The van der Waals surface area contributed by atoms with Crippen LogP contribution in [0.2, 0.25) is 0 Å². The third-order valence-corrected chi connectivity index (χ3v) is 2.41. The zero-order valence-electron chi connectivity index (χ0n) is 10.7. The SMILES string of the molecule is CC(C)[O-].CC(C)[O][AlH][O]C(C)C.[Li+]. The monoisotopic (exact) mass is 212 g/mol. The van der Waals surface area contributed by atoms with Gasteiger partial charge < -0.3 is 12.7 Å². The van der Waals surface area contributed by atoms with Crippen molar-refractivity contribution in [3.63, 3.8) is 0 Å². The topological polar surface area (TPSA) is 41.5 Å². The number of hydrogen-bond acceptors (Lipinski definition) is 3. The molecule has 14 heavy (non-hydrogen) atoms. The smallest absolute Gasteiger partial charge is 0.852 e. The molecule has 0 saturated carbocycles. The van der Waals surface area contributed by atoms with Crippen LogP contribution in [-0.4, -0.2) is 34.2 Å². The summed E-state index contributed by atoms with van der Waals surface area (Å²) in [5.41, 5.74) is 0. The van der Waals surface area contributed by atoms with E-state index >= 15 is 0 Å². The molecule has 0 fully saturated rings. The van der Waals surface area contributed by atoms with Crippen LogP contribution in [0.1, 0.15) is 41.5 Å². The normalized spacial score (nSPS) is 9.57. The van der Waals surface area contributed by atoms with Crippen LogP contribution in [0.3, 0.4) is 0 Å². The van der Waals surface area contributed by atoms with Crippen molar-refractivity contribution >= 4 is 15.9 Å². The first-order valence-electron chi connectivity index (χ1n) is 4.75. The summed E-state index contributed by atoms with van der Waals surface area (Å²) >= 11 is -0.684. The fourth-order valence-corrected chi connectivity index (χ4v) is 0.934. The van der Waals surface area contributed by atoms with E-state index in [1.54, 1.807) is 13.8 Å². The van der Waals surface area contributed by atoms with Crippen LogP contribution in [0.15, 0.2) is 0 Å². The van der Waals surface area contributed by atoms with Gasteiger partial charge in [-0.25, -0.2) is 0 Å². The summed E-state index contributed by atoms with van der Waals surface area (Å²) in [5, 5.41) is 9.53. The number of hydrogen-bond donors (Lipinski definition) is 0. The summed E-state index contributed by atoms with van der Waals surface area (Å²) < 4.78 is 10.5. The van der Waals surface area contributed by atoms with E-state index in [1.165, 1.54) is 0 Å². The Bertz CT molecular complexity index is 89.3. The van der Waals surface area contributed by atoms with Gasteiger partial charge in [-0.1, -0.05) is 13.8 Å². The third-order valence-electron chi connectivity index (χ3n) is 0.803. The molecule has 0 rings (SSSR count). The van der Waals surface area contributed by atoms with Crippen LogP contribution >= 0.6 is 0 Å². The molecular formula is C9H22AlLiO3. The summed E-state index contributed by atoms with van der Waals surface area (Å²) in [6, 6.07) is 0. The zero-order chi connectivity index (χ0) is 10.9. The van der Waals surface area contributed by atoms with Crippen molar-refractivity contribution < 1.29 is 31.5 Å². The molecule has 0 aliphatic carbocycles. The average Bonchev–Trinajstić information content (AvgIpc) is 1.83. The maximum atomic E-state index is 9.53. The maximum absolute atomic E-state index is 9.53. The van der Waals surface area contributed by atoms with Gasteiger partial charge in [0.1, 0.15) is 0 Å². The fourth-order valence-electron chi connectivity index (χ4n) is 0.311. The molecule has 3 nitrogen and oxygen atoms in total. The molecule has 0 bridgehead atoms. The van der Waals surface area contributed by atoms with Crippen molar-refractivity contribution in [1.29, 1.82) is 0 Å². The molecule has 0 radical (unpaired) electrons. The first-order chi connectivity index (χ1) is 5.86. The molecule has 0 aromatic carbocycles. The van der Waals surface area contributed by atoms with Gasteiger partial charge in [-0.2, -0.15) is 0 Å². The van der Waals surface area contributed by atoms with Crippen LogP contribution in [0.4, 0.5) is 0 Å². The Labute approximate surface area is 107 Å². The van der Waals surface area contributed by atoms with Gasteiger partial charge in [0.2, 0.25) is 0 Å². The van der Waals surface area contributed by atoms with E-state index in [0.29, 0.717) is 12.2 Å². The van der Waals surface area contributed by atoms with E-state index < -0.39 is 22.0 Å².